The molecule has 0 fully saturated rings. The van der Waals surface area contributed by atoms with Gasteiger partial charge in [-0.05, 0) is 54.4 Å². The van der Waals surface area contributed by atoms with E-state index in [9.17, 15) is 0 Å². The van der Waals surface area contributed by atoms with Crippen LogP contribution in [0.25, 0.3) is 10.9 Å². The molecule has 0 spiro atoms. The summed E-state index contributed by atoms with van der Waals surface area (Å²) in [5, 5.41) is 5.98. The number of aromatic nitrogens is 1. The molecule has 1 heterocycles. The van der Waals surface area contributed by atoms with E-state index in [0.717, 1.165) is 30.6 Å². The number of ether oxygens (including phenoxy) is 2. The van der Waals surface area contributed by atoms with Crippen molar-refractivity contribution < 1.29 is 9.47 Å². The summed E-state index contributed by atoms with van der Waals surface area (Å²) in [4.78, 5) is 3.32. The van der Waals surface area contributed by atoms with Gasteiger partial charge in [-0.15, -0.1) is 12.4 Å². The first kappa shape index (κ1) is 24.3. The highest BCUT2D eigenvalue weighted by molar-refractivity contribution is 6.35. The molecule has 0 saturated heterocycles. The van der Waals surface area contributed by atoms with Gasteiger partial charge in [0.25, 0.3) is 0 Å². The molecule has 32 heavy (non-hydrogen) atoms. The third-order valence-electron chi connectivity index (χ3n) is 5.20. The fourth-order valence-electron chi connectivity index (χ4n) is 3.53. The summed E-state index contributed by atoms with van der Waals surface area (Å²) in [6, 6.07) is 19.7. The molecular formula is C25H25Cl3N2O2. The molecule has 0 unspecified atom stereocenters. The van der Waals surface area contributed by atoms with Crippen LogP contribution in [0.4, 0.5) is 0 Å². The number of rotatable bonds is 9. The van der Waals surface area contributed by atoms with Crippen molar-refractivity contribution in [3.05, 3.63) is 93.6 Å². The van der Waals surface area contributed by atoms with E-state index < -0.39 is 0 Å². The lowest BCUT2D eigenvalue weighted by Gasteiger charge is -2.13. The van der Waals surface area contributed by atoms with E-state index in [1.54, 1.807) is 19.2 Å². The highest BCUT2D eigenvalue weighted by Crippen LogP contribution is 2.30. The molecule has 4 rings (SSSR count). The molecular weight excluding hydrogens is 467 g/mol. The molecule has 3 aromatic carbocycles. The molecule has 0 bridgehead atoms. The number of nitrogens with one attached hydrogen (secondary N) is 2. The van der Waals surface area contributed by atoms with Crippen molar-refractivity contribution in [1.82, 2.24) is 10.3 Å². The molecule has 2 N–H and O–H groups in total. The van der Waals surface area contributed by atoms with Gasteiger partial charge in [0.1, 0.15) is 6.61 Å². The minimum Gasteiger partial charge on any atom is -0.493 e. The van der Waals surface area contributed by atoms with Crippen LogP contribution in [-0.4, -0.2) is 18.6 Å². The van der Waals surface area contributed by atoms with Gasteiger partial charge in [0.2, 0.25) is 0 Å². The summed E-state index contributed by atoms with van der Waals surface area (Å²) in [6.07, 6.45) is 3.05. The highest BCUT2D eigenvalue weighted by atomic mass is 35.5. The first-order valence-corrected chi connectivity index (χ1v) is 10.9. The zero-order chi connectivity index (χ0) is 21.6. The van der Waals surface area contributed by atoms with E-state index in [2.05, 4.69) is 34.7 Å². The fraction of sp³-hybridized carbons (Fsp3) is 0.200. The summed E-state index contributed by atoms with van der Waals surface area (Å²) in [7, 11) is 1.64. The second kappa shape index (κ2) is 11.5. The molecule has 0 aliphatic rings. The summed E-state index contributed by atoms with van der Waals surface area (Å²) in [6.45, 7) is 1.98. The summed E-state index contributed by atoms with van der Waals surface area (Å²) >= 11 is 12.2. The number of halogens is 3. The Hall–Kier alpha value is -2.37. The number of hydrogen-bond donors (Lipinski definition) is 2. The van der Waals surface area contributed by atoms with Gasteiger partial charge in [0.05, 0.1) is 7.11 Å². The SMILES string of the molecule is COc1cc(CNCCc2c[nH]c3ccccc23)ccc1OCc1ccc(Cl)cc1Cl.Cl. The molecule has 0 aliphatic carbocycles. The second-order valence-electron chi connectivity index (χ2n) is 7.30. The first-order valence-electron chi connectivity index (χ1n) is 10.1. The molecule has 4 nitrogen and oxygen atoms in total. The molecule has 4 aromatic rings. The van der Waals surface area contributed by atoms with Gasteiger partial charge in [-0.3, -0.25) is 0 Å². The number of methoxy groups -OCH3 is 1. The topological polar surface area (TPSA) is 46.3 Å². The van der Waals surface area contributed by atoms with E-state index in [1.807, 2.05) is 30.3 Å². The second-order valence-corrected chi connectivity index (χ2v) is 8.14. The number of benzene rings is 3. The van der Waals surface area contributed by atoms with Crippen molar-refractivity contribution >= 4 is 46.5 Å². The Morgan fingerprint density at radius 3 is 2.59 bits per heavy atom. The lowest BCUT2D eigenvalue weighted by atomic mass is 10.1. The molecule has 1 aromatic heterocycles. The lowest BCUT2D eigenvalue weighted by Crippen LogP contribution is -2.16. The quantitative estimate of drug-likeness (QED) is 0.253. The number of fused-ring (bicyclic) bond motifs is 1. The molecule has 0 aliphatic heterocycles. The summed E-state index contributed by atoms with van der Waals surface area (Å²) in [5.41, 5.74) is 4.51. The predicted octanol–water partition coefficient (Wildman–Crippen LogP) is 6.82. The zero-order valence-corrected chi connectivity index (χ0v) is 20.0. The van der Waals surface area contributed by atoms with Crippen LogP contribution in [0, 0.1) is 0 Å². The van der Waals surface area contributed by atoms with Crippen molar-refractivity contribution in [2.24, 2.45) is 0 Å². The summed E-state index contributed by atoms with van der Waals surface area (Å²) in [5.74, 6) is 1.37. The van der Waals surface area contributed by atoms with Crippen molar-refractivity contribution in [1.29, 1.82) is 0 Å². The molecule has 0 amide bonds. The third kappa shape index (κ3) is 5.90. The maximum absolute atomic E-state index is 6.23. The van der Waals surface area contributed by atoms with Gasteiger partial charge in [-0.25, -0.2) is 0 Å². The molecule has 0 atom stereocenters. The van der Waals surface area contributed by atoms with E-state index >= 15 is 0 Å². The van der Waals surface area contributed by atoms with E-state index in [-0.39, 0.29) is 12.4 Å². The number of para-hydroxylation sites is 1. The maximum atomic E-state index is 6.23. The van der Waals surface area contributed by atoms with Crippen LogP contribution in [0.5, 0.6) is 11.5 Å². The molecule has 168 valence electrons. The Bertz CT molecular complexity index is 1180. The van der Waals surface area contributed by atoms with Crippen molar-refractivity contribution in [3.63, 3.8) is 0 Å². The Labute approximate surface area is 204 Å². The standard InChI is InChI=1S/C25H24Cl2N2O2.ClH/c1-30-25-12-17(6-9-24(25)31-16-19-7-8-20(26)13-22(19)27)14-28-11-10-18-15-29-23-5-3-2-4-21(18)23;/h2-9,12-13,15,28-29H,10-11,14,16H2,1H3;1H. The van der Waals surface area contributed by atoms with Gasteiger partial charge in [-0.1, -0.05) is 53.5 Å². The van der Waals surface area contributed by atoms with Crippen LogP contribution in [0.1, 0.15) is 16.7 Å². The zero-order valence-electron chi connectivity index (χ0n) is 17.7. The minimum atomic E-state index is 0. The van der Waals surface area contributed by atoms with Crippen LogP contribution in [-0.2, 0) is 19.6 Å². The van der Waals surface area contributed by atoms with Crippen molar-refractivity contribution in [3.8, 4) is 11.5 Å². The van der Waals surface area contributed by atoms with Gasteiger partial charge in [0.15, 0.2) is 11.5 Å². The maximum Gasteiger partial charge on any atom is 0.161 e. The smallest absolute Gasteiger partial charge is 0.161 e. The third-order valence-corrected chi connectivity index (χ3v) is 5.79. The number of hydrogen-bond acceptors (Lipinski definition) is 3. The minimum absolute atomic E-state index is 0. The van der Waals surface area contributed by atoms with Crippen molar-refractivity contribution in [2.45, 2.75) is 19.6 Å². The Morgan fingerprint density at radius 1 is 0.938 bits per heavy atom. The van der Waals surface area contributed by atoms with Crippen LogP contribution in [0.15, 0.2) is 66.9 Å². The number of aromatic amines is 1. The monoisotopic (exact) mass is 490 g/mol. The predicted molar refractivity (Wildman–Crippen MR) is 135 cm³/mol. The number of H-pyrrole nitrogens is 1. The van der Waals surface area contributed by atoms with Crippen LogP contribution < -0.4 is 14.8 Å². The fourth-order valence-corrected chi connectivity index (χ4v) is 3.99. The van der Waals surface area contributed by atoms with E-state index in [4.69, 9.17) is 32.7 Å². The largest absolute Gasteiger partial charge is 0.493 e. The van der Waals surface area contributed by atoms with E-state index in [0.29, 0.717) is 28.2 Å². The van der Waals surface area contributed by atoms with Gasteiger partial charge < -0.3 is 19.8 Å². The van der Waals surface area contributed by atoms with E-state index in [1.165, 1.54) is 16.5 Å². The molecule has 0 radical (unpaired) electrons. The first-order chi connectivity index (χ1) is 15.1. The van der Waals surface area contributed by atoms with Gasteiger partial charge in [-0.2, -0.15) is 0 Å². The van der Waals surface area contributed by atoms with Crippen LogP contribution in [0.3, 0.4) is 0 Å². The van der Waals surface area contributed by atoms with Crippen LogP contribution in [0.2, 0.25) is 10.0 Å². The van der Waals surface area contributed by atoms with Gasteiger partial charge in [0, 0.05) is 39.3 Å². The van der Waals surface area contributed by atoms with Crippen LogP contribution >= 0.6 is 35.6 Å². The summed E-state index contributed by atoms with van der Waals surface area (Å²) < 4.78 is 11.5. The highest BCUT2D eigenvalue weighted by Gasteiger charge is 2.09. The Kier molecular flexibility index (Phi) is 8.71. The normalized spacial score (nSPS) is 10.7. The Morgan fingerprint density at radius 2 is 1.78 bits per heavy atom. The van der Waals surface area contributed by atoms with Gasteiger partial charge >= 0.3 is 0 Å². The average molecular weight is 492 g/mol. The lowest BCUT2D eigenvalue weighted by molar-refractivity contribution is 0.284. The van der Waals surface area contributed by atoms with Crippen molar-refractivity contribution in [2.75, 3.05) is 13.7 Å². The Balaban J connectivity index is 0.00000289. The molecule has 7 heteroatoms. The average Bonchev–Trinajstić information content (AvgIpc) is 3.19. The molecule has 0 saturated carbocycles.